The van der Waals surface area contributed by atoms with E-state index in [-0.39, 0.29) is 109 Å². The molecule has 5 unspecified atom stereocenters. The van der Waals surface area contributed by atoms with Gasteiger partial charge in [-0.25, -0.2) is 0 Å². The van der Waals surface area contributed by atoms with Crippen molar-refractivity contribution < 1.29 is 40.8 Å². The summed E-state index contributed by atoms with van der Waals surface area (Å²) in [6, 6.07) is 0. The Morgan fingerprint density at radius 1 is 0.773 bits per heavy atom. The van der Waals surface area contributed by atoms with E-state index in [1.165, 1.54) is 0 Å². The molecule has 22 heavy (non-hydrogen) atoms. The van der Waals surface area contributed by atoms with Gasteiger partial charge in [-0.1, -0.05) is 58.6 Å². The Hall–Kier alpha value is 3.88. The average molecular weight is 842 g/mol. The van der Waals surface area contributed by atoms with Crippen LogP contribution in [-0.2, 0) is 81.3 Å². The van der Waals surface area contributed by atoms with E-state index >= 15 is 0 Å². The number of fused-ring (bicyclic) bond motifs is 5. The van der Waals surface area contributed by atoms with E-state index in [9.17, 15) is 0 Å². The molecule has 0 aliphatic heterocycles. The summed E-state index contributed by atoms with van der Waals surface area (Å²) in [6.07, 6.45) is 3.69. The third-order valence-corrected chi connectivity index (χ3v) is 8.61. The van der Waals surface area contributed by atoms with E-state index in [4.69, 9.17) is 81.2 Å². The largest absolute Gasteiger partial charge is 3.00 e. The summed E-state index contributed by atoms with van der Waals surface area (Å²) in [5.74, 6) is -0.470. The average Bonchev–Trinajstić information content (AvgIpc) is 2.73. The molecule has 3 rings (SSSR count). The third kappa shape index (κ3) is 3.16. The van der Waals surface area contributed by atoms with Gasteiger partial charge < -0.3 is 40.5 Å². The van der Waals surface area contributed by atoms with Gasteiger partial charge in [0.15, 0.2) is 4.33 Å². The second-order valence-corrected chi connectivity index (χ2v) is 8.29. The molecule has 0 amide bonds. The Morgan fingerprint density at radius 3 is 1.64 bits per heavy atom. The molecule has 0 N–H and O–H groups in total. The third-order valence-electron chi connectivity index (χ3n) is 3.90. The number of allylic oxidation sites excluding steroid dienone is 4. The molecule has 1 saturated carbocycles. The number of hydrogen-bond donors (Lipinski definition) is 0. The first-order valence-corrected chi connectivity index (χ1v) is 7.55. The molecule has 0 heterocycles. The molecule has 1 fully saturated rings. The summed E-state index contributed by atoms with van der Waals surface area (Å²) in [6.45, 7) is 0. The molecule has 0 nitrogen and oxygen atoms in total. The number of alkyl halides is 5. The smallest absolute Gasteiger partial charge is 2.00 e. The molecule has 0 saturated heterocycles. The van der Waals surface area contributed by atoms with Gasteiger partial charge in [0.1, 0.15) is 9.75 Å². The van der Waals surface area contributed by atoms with Crippen molar-refractivity contribution in [3.8, 4) is 0 Å². The predicted octanol–water partition coefficient (Wildman–Crippen LogP) is 5.23. The van der Waals surface area contributed by atoms with Crippen molar-refractivity contribution in [2.75, 3.05) is 0 Å². The van der Waals surface area contributed by atoms with Crippen molar-refractivity contribution in [2.45, 2.75) is 19.5 Å². The maximum absolute atomic E-state index is 6.57. The van der Waals surface area contributed by atoms with Gasteiger partial charge in [0.2, 0.25) is 0 Å². The number of halogens is 7. The minimum atomic E-state index is -1.48. The second kappa shape index (κ2) is 9.39. The van der Waals surface area contributed by atoms with Crippen molar-refractivity contribution in [1.29, 1.82) is 0 Å². The van der Waals surface area contributed by atoms with Crippen LogP contribution >= 0.6 is 81.2 Å². The molecule has 5 atom stereocenters. The fourth-order valence-electron chi connectivity index (χ4n) is 3.08. The van der Waals surface area contributed by atoms with Gasteiger partial charge in [-0.05, 0) is 0 Å². The summed E-state index contributed by atoms with van der Waals surface area (Å²) >= 11 is 44.5. The summed E-state index contributed by atoms with van der Waals surface area (Å²) in [5.41, 5.74) is 0. The van der Waals surface area contributed by atoms with Gasteiger partial charge in [-0.15, -0.1) is 34.8 Å². The monoisotopic (exact) mass is 840 g/mol. The van der Waals surface area contributed by atoms with Gasteiger partial charge in [-0.2, -0.15) is 0 Å². The molecule has 126 valence electrons. The Labute approximate surface area is 213 Å². The molecule has 0 aromatic carbocycles. The first-order chi connectivity index (χ1) is 7.70. The molecule has 0 radical (unpaired) electrons. The van der Waals surface area contributed by atoms with Crippen LogP contribution in [0.1, 0.15) is 0 Å². The van der Waals surface area contributed by atoms with Gasteiger partial charge in [-0.3, -0.25) is 0 Å². The molecule has 0 aromatic rings. The first kappa shape index (κ1) is 30.6. The first-order valence-electron chi connectivity index (χ1n) is 4.85. The van der Waals surface area contributed by atoms with Crippen molar-refractivity contribution in [1.82, 2.24) is 0 Å². The predicted molar refractivity (Wildman–Crippen MR) is 98.2 cm³/mol. The molecule has 0 aromatic heterocycles. The zero-order valence-corrected chi connectivity index (χ0v) is 23.2. The van der Waals surface area contributed by atoms with E-state index < -0.39 is 14.1 Å². The van der Waals surface area contributed by atoms with Crippen LogP contribution in [0.5, 0.6) is 0 Å². The molecule has 2 bridgehead atoms. The fraction of sp³-hybridized carbons (Fsp3) is 0.600. The van der Waals surface area contributed by atoms with Gasteiger partial charge in [0.25, 0.3) is 0 Å². The van der Waals surface area contributed by atoms with E-state index in [0.29, 0.717) is 0 Å². The number of hydrogen-bond acceptors (Lipinski definition) is 0. The summed E-state index contributed by atoms with van der Waals surface area (Å²) in [4.78, 5) is -2.45. The van der Waals surface area contributed by atoms with Crippen LogP contribution in [0.25, 0.3) is 0 Å². The van der Waals surface area contributed by atoms with Gasteiger partial charge >= 0.3 is 40.8 Å². The van der Waals surface area contributed by atoms with Crippen LogP contribution in [-0.4, -0.2) is 19.5 Å². The van der Waals surface area contributed by atoms with E-state index in [1.807, 2.05) is 12.2 Å². The fourth-order valence-corrected chi connectivity index (χ4v) is 6.60. The van der Waals surface area contributed by atoms with Crippen LogP contribution in [0.3, 0.4) is 0 Å². The summed E-state index contributed by atoms with van der Waals surface area (Å²) < 4.78 is -1.48. The Kier molecular flexibility index (Phi) is 13.1. The van der Waals surface area contributed by atoms with Crippen LogP contribution < -0.4 is 0 Å². The molecule has 3 aliphatic rings. The van der Waals surface area contributed by atoms with Crippen molar-refractivity contribution in [3.05, 3.63) is 22.2 Å². The maximum Gasteiger partial charge on any atom is 3.00 e. The summed E-state index contributed by atoms with van der Waals surface area (Å²) in [5, 5.41) is 0.113. The minimum absolute atomic E-state index is 0. The topological polar surface area (TPSA) is 0 Å². The Morgan fingerprint density at radius 2 is 1.18 bits per heavy atom. The van der Waals surface area contributed by atoms with Crippen LogP contribution in [0, 0.1) is 11.8 Å². The summed E-state index contributed by atoms with van der Waals surface area (Å²) in [7, 11) is 0. The molecule has 12 heteroatoms. The molecule has 0 spiro atoms. The van der Waals surface area contributed by atoms with Gasteiger partial charge in [0, 0.05) is 11.8 Å². The van der Waals surface area contributed by atoms with E-state index in [2.05, 4.69) is 0 Å². The SMILES string of the molecule is ClC1=C(Cl)C2(Cl)C3C(Cl)C=CC3C1(Cl)C2(Cl)Cl.[Re+3].[Re+3].[S-2].[S-2].[S-2]. The quantitative estimate of drug-likeness (QED) is 0.232. The Bertz CT molecular complexity index is 489. The van der Waals surface area contributed by atoms with Crippen molar-refractivity contribution in [3.63, 3.8) is 0 Å². The van der Waals surface area contributed by atoms with Gasteiger partial charge in [0.05, 0.1) is 15.4 Å². The Balaban J connectivity index is -0.000000722. The van der Waals surface area contributed by atoms with Crippen LogP contribution in [0.15, 0.2) is 22.2 Å². The minimum Gasteiger partial charge on any atom is -2.00 e. The van der Waals surface area contributed by atoms with Crippen molar-refractivity contribution in [2.24, 2.45) is 11.8 Å². The molecular weight excluding hydrogens is 837 g/mol. The van der Waals surface area contributed by atoms with Crippen LogP contribution in [0.2, 0.25) is 0 Å². The van der Waals surface area contributed by atoms with E-state index in [0.717, 1.165) is 0 Å². The normalized spacial score (nSPS) is 42.2. The van der Waals surface area contributed by atoms with Crippen LogP contribution in [0.4, 0.5) is 0 Å². The zero-order valence-electron chi connectivity index (χ0n) is 10.0. The zero-order chi connectivity index (χ0) is 12.8. The number of rotatable bonds is 0. The second-order valence-electron chi connectivity index (χ2n) is 4.51. The molecule has 3 aliphatic carbocycles. The maximum atomic E-state index is 6.57. The van der Waals surface area contributed by atoms with E-state index in [1.54, 1.807) is 0 Å². The van der Waals surface area contributed by atoms with Crippen molar-refractivity contribution >= 4 is 122 Å². The molecular formula is C10H5Cl7Re2S3. The standard InChI is InChI=1S/C10H5Cl7.2Re.3S/c11-4-2-1-3-5(4)9(15)7(13)6(12)8(3,14)10(9,16)17;;;;;/h1-5H;;;;;/q;2*+3;3*-2.